The van der Waals surface area contributed by atoms with Crippen LogP contribution in [-0.4, -0.2) is 35.7 Å². The second-order valence-corrected chi connectivity index (χ2v) is 7.49. The highest BCUT2D eigenvalue weighted by Gasteiger charge is 2.32. The summed E-state index contributed by atoms with van der Waals surface area (Å²) >= 11 is 0. The van der Waals surface area contributed by atoms with Crippen molar-refractivity contribution in [1.29, 1.82) is 0 Å². The molecule has 0 aromatic heterocycles. The van der Waals surface area contributed by atoms with Crippen LogP contribution in [0.3, 0.4) is 0 Å². The van der Waals surface area contributed by atoms with E-state index in [1.54, 1.807) is 0 Å². The van der Waals surface area contributed by atoms with E-state index in [0.29, 0.717) is 6.04 Å². The van der Waals surface area contributed by atoms with Gasteiger partial charge >= 0.3 is 6.09 Å². The third-order valence-corrected chi connectivity index (χ3v) is 4.61. The largest absolute Gasteiger partial charge is 0.444 e. The minimum absolute atomic E-state index is 0.156. The van der Waals surface area contributed by atoms with Crippen LogP contribution in [0, 0.1) is 11.8 Å². The SMILES string of the molecule is CC(C)(C)OC(=O)N1CCC(C2CCCC(N)C2)CC1. The van der Waals surface area contributed by atoms with Gasteiger partial charge in [-0.25, -0.2) is 4.79 Å². The molecule has 1 saturated heterocycles. The number of hydrogen-bond acceptors (Lipinski definition) is 3. The van der Waals surface area contributed by atoms with Gasteiger partial charge in [0.2, 0.25) is 0 Å². The summed E-state index contributed by atoms with van der Waals surface area (Å²) in [6.45, 7) is 7.43. The molecule has 2 atom stereocenters. The van der Waals surface area contributed by atoms with Gasteiger partial charge in [0.1, 0.15) is 5.60 Å². The number of hydrogen-bond donors (Lipinski definition) is 1. The molecule has 2 unspecified atom stereocenters. The highest BCUT2D eigenvalue weighted by molar-refractivity contribution is 5.68. The number of carbonyl (C=O) groups excluding carboxylic acids is 1. The Hall–Kier alpha value is -0.770. The molecule has 1 heterocycles. The summed E-state index contributed by atoms with van der Waals surface area (Å²) in [5, 5.41) is 0. The Morgan fingerprint density at radius 1 is 1.10 bits per heavy atom. The number of nitrogens with two attached hydrogens (primary N) is 1. The lowest BCUT2D eigenvalue weighted by Crippen LogP contribution is -2.43. The van der Waals surface area contributed by atoms with Crippen molar-refractivity contribution in [3.63, 3.8) is 0 Å². The second-order valence-electron chi connectivity index (χ2n) is 7.49. The Kier molecular flexibility index (Phi) is 4.95. The fraction of sp³-hybridized carbons (Fsp3) is 0.938. The molecular formula is C16H30N2O2. The van der Waals surface area contributed by atoms with Crippen molar-refractivity contribution in [2.75, 3.05) is 13.1 Å². The van der Waals surface area contributed by atoms with Gasteiger partial charge in [-0.2, -0.15) is 0 Å². The van der Waals surface area contributed by atoms with Crippen LogP contribution in [-0.2, 0) is 4.74 Å². The van der Waals surface area contributed by atoms with Gasteiger partial charge in [-0.3, -0.25) is 0 Å². The predicted octanol–water partition coefficient (Wildman–Crippen LogP) is 3.15. The molecule has 0 bridgehead atoms. The molecule has 0 spiro atoms. The van der Waals surface area contributed by atoms with E-state index in [1.807, 2.05) is 25.7 Å². The maximum Gasteiger partial charge on any atom is 0.410 e. The zero-order valence-electron chi connectivity index (χ0n) is 13.2. The van der Waals surface area contributed by atoms with Crippen molar-refractivity contribution in [3.8, 4) is 0 Å². The first-order valence-electron chi connectivity index (χ1n) is 8.08. The molecular weight excluding hydrogens is 252 g/mol. The number of piperidine rings is 1. The highest BCUT2D eigenvalue weighted by Crippen LogP contribution is 2.35. The number of amides is 1. The van der Waals surface area contributed by atoms with Crippen molar-refractivity contribution in [1.82, 2.24) is 4.90 Å². The lowest BCUT2D eigenvalue weighted by molar-refractivity contribution is 0.0146. The van der Waals surface area contributed by atoms with E-state index in [9.17, 15) is 4.79 Å². The number of carbonyl (C=O) groups is 1. The smallest absolute Gasteiger partial charge is 0.410 e. The lowest BCUT2D eigenvalue weighted by atomic mass is 9.74. The molecule has 2 fully saturated rings. The second kappa shape index (κ2) is 6.33. The maximum absolute atomic E-state index is 12.0. The van der Waals surface area contributed by atoms with Crippen LogP contribution in [0.5, 0.6) is 0 Å². The van der Waals surface area contributed by atoms with Crippen LogP contribution in [0.1, 0.15) is 59.3 Å². The summed E-state index contributed by atoms with van der Waals surface area (Å²) in [6.07, 6.45) is 7.02. The molecule has 1 saturated carbocycles. The van der Waals surface area contributed by atoms with Gasteiger partial charge in [0.05, 0.1) is 0 Å². The molecule has 1 aliphatic heterocycles. The number of ether oxygens (including phenoxy) is 1. The van der Waals surface area contributed by atoms with Gasteiger partial charge in [-0.05, 0) is 58.3 Å². The number of likely N-dealkylation sites (tertiary alicyclic amines) is 1. The molecule has 2 rings (SSSR count). The topological polar surface area (TPSA) is 55.6 Å². The Balaban J connectivity index is 1.78. The standard InChI is InChI=1S/C16H30N2O2/c1-16(2,3)20-15(19)18-9-7-12(8-10-18)13-5-4-6-14(17)11-13/h12-14H,4-11,17H2,1-3H3. The van der Waals surface area contributed by atoms with E-state index in [4.69, 9.17) is 10.5 Å². The van der Waals surface area contributed by atoms with Gasteiger partial charge in [0, 0.05) is 19.1 Å². The van der Waals surface area contributed by atoms with Gasteiger partial charge in [-0.1, -0.05) is 12.8 Å². The fourth-order valence-electron chi connectivity index (χ4n) is 3.57. The van der Waals surface area contributed by atoms with E-state index in [-0.39, 0.29) is 6.09 Å². The summed E-state index contributed by atoms with van der Waals surface area (Å²) in [5.74, 6) is 1.53. The van der Waals surface area contributed by atoms with E-state index >= 15 is 0 Å². The van der Waals surface area contributed by atoms with Gasteiger partial charge in [-0.15, -0.1) is 0 Å². The monoisotopic (exact) mass is 282 g/mol. The van der Waals surface area contributed by atoms with E-state index in [1.165, 1.54) is 25.7 Å². The van der Waals surface area contributed by atoms with Crippen LogP contribution in [0.25, 0.3) is 0 Å². The molecule has 2 aliphatic rings. The molecule has 1 amide bonds. The molecule has 0 aromatic carbocycles. The Morgan fingerprint density at radius 2 is 1.75 bits per heavy atom. The molecule has 2 N–H and O–H groups in total. The third kappa shape index (κ3) is 4.37. The lowest BCUT2D eigenvalue weighted by Gasteiger charge is -2.39. The Labute approximate surface area is 123 Å². The summed E-state index contributed by atoms with van der Waals surface area (Å²) in [7, 11) is 0. The average Bonchev–Trinajstić information content (AvgIpc) is 2.37. The quantitative estimate of drug-likeness (QED) is 0.803. The molecule has 0 aromatic rings. The zero-order valence-corrected chi connectivity index (χ0v) is 13.2. The first-order valence-corrected chi connectivity index (χ1v) is 8.08. The van der Waals surface area contributed by atoms with Crippen molar-refractivity contribution in [3.05, 3.63) is 0 Å². The van der Waals surface area contributed by atoms with Crippen molar-refractivity contribution < 1.29 is 9.53 Å². The van der Waals surface area contributed by atoms with Crippen molar-refractivity contribution in [2.24, 2.45) is 17.6 Å². The zero-order chi connectivity index (χ0) is 14.8. The summed E-state index contributed by atoms with van der Waals surface area (Å²) in [6, 6.07) is 0.401. The summed E-state index contributed by atoms with van der Waals surface area (Å²) in [5.41, 5.74) is 5.69. The minimum Gasteiger partial charge on any atom is -0.444 e. The van der Waals surface area contributed by atoms with Crippen LogP contribution < -0.4 is 5.73 Å². The average molecular weight is 282 g/mol. The van der Waals surface area contributed by atoms with E-state index < -0.39 is 5.60 Å². The highest BCUT2D eigenvalue weighted by atomic mass is 16.6. The molecule has 20 heavy (non-hydrogen) atoms. The molecule has 4 nitrogen and oxygen atoms in total. The number of rotatable bonds is 1. The minimum atomic E-state index is -0.399. The maximum atomic E-state index is 12.0. The first kappa shape index (κ1) is 15.6. The molecule has 1 aliphatic carbocycles. The van der Waals surface area contributed by atoms with Crippen LogP contribution in [0.4, 0.5) is 4.79 Å². The third-order valence-electron chi connectivity index (χ3n) is 4.61. The van der Waals surface area contributed by atoms with Crippen molar-refractivity contribution >= 4 is 6.09 Å². The van der Waals surface area contributed by atoms with Gasteiger partial charge in [0.25, 0.3) is 0 Å². The molecule has 0 radical (unpaired) electrons. The predicted molar refractivity (Wildman–Crippen MR) is 80.5 cm³/mol. The van der Waals surface area contributed by atoms with Crippen LogP contribution in [0.15, 0.2) is 0 Å². The van der Waals surface area contributed by atoms with Crippen LogP contribution >= 0.6 is 0 Å². The summed E-state index contributed by atoms with van der Waals surface area (Å²) < 4.78 is 5.44. The van der Waals surface area contributed by atoms with Gasteiger partial charge < -0.3 is 15.4 Å². The van der Waals surface area contributed by atoms with E-state index in [2.05, 4.69) is 0 Å². The first-order chi connectivity index (χ1) is 9.35. The fourth-order valence-corrected chi connectivity index (χ4v) is 3.57. The Morgan fingerprint density at radius 3 is 2.30 bits per heavy atom. The number of nitrogens with zero attached hydrogens (tertiary/aromatic N) is 1. The van der Waals surface area contributed by atoms with Crippen LogP contribution in [0.2, 0.25) is 0 Å². The molecule has 4 heteroatoms. The Bertz CT molecular complexity index is 330. The summed E-state index contributed by atoms with van der Waals surface area (Å²) in [4.78, 5) is 13.9. The molecule has 116 valence electrons. The van der Waals surface area contributed by atoms with Gasteiger partial charge in [0.15, 0.2) is 0 Å². The van der Waals surface area contributed by atoms with E-state index in [0.717, 1.165) is 37.8 Å². The van der Waals surface area contributed by atoms with Crippen molar-refractivity contribution in [2.45, 2.75) is 70.9 Å². The normalized spacial score (nSPS) is 29.3.